The molecular weight excluding hydrogens is 296 g/mol. The third kappa shape index (κ3) is 3.23. The molecule has 23 heavy (non-hydrogen) atoms. The topological polar surface area (TPSA) is 73.4 Å². The van der Waals surface area contributed by atoms with Gasteiger partial charge in [0.15, 0.2) is 5.69 Å². The van der Waals surface area contributed by atoms with Gasteiger partial charge in [-0.25, -0.2) is 4.68 Å². The van der Waals surface area contributed by atoms with Crippen molar-refractivity contribution in [1.29, 1.82) is 0 Å². The van der Waals surface area contributed by atoms with E-state index < -0.39 is 0 Å². The molecule has 0 aliphatic heterocycles. The Morgan fingerprint density at radius 3 is 2.70 bits per heavy atom. The van der Waals surface area contributed by atoms with Gasteiger partial charge in [0.2, 0.25) is 0 Å². The van der Waals surface area contributed by atoms with Crippen molar-refractivity contribution in [2.75, 3.05) is 14.2 Å². The molecule has 0 aliphatic rings. The molecule has 1 aromatic carbocycles. The average Bonchev–Trinajstić information content (AvgIpc) is 3.26. The molecule has 0 aliphatic carbocycles. The molecule has 0 saturated carbocycles. The Balaban J connectivity index is 1.73. The van der Waals surface area contributed by atoms with Gasteiger partial charge in [0.25, 0.3) is 5.91 Å². The molecule has 0 fully saturated rings. The lowest BCUT2D eigenvalue weighted by atomic mass is 10.3. The summed E-state index contributed by atoms with van der Waals surface area (Å²) in [7, 11) is 3.31. The minimum atomic E-state index is -0.180. The molecule has 0 unspecified atom stereocenters. The number of hydrogen-bond donors (Lipinski definition) is 0. The zero-order valence-electron chi connectivity index (χ0n) is 12.8. The monoisotopic (exact) mass is 312 g/mol. The largest absolute Gasteiger partial charge is 0.497 e. The Bertz CT molecular complexity index is 778. The highest BCUT2D eigenvalue weighted by molar-refractivity contribution is 5.92. The van der Waals surface area contributed by atoms with Crippen LogP contribution in [-0.4, -0.2) is 39.9 Å². The second kappa shape index (κ2) is 6.35. The first kappa shape index (κ1) is 14.8. The van der Waals surface area contributed by atoms with E-state index in [0.717, 1.165) is 11.4 Å². The van der Waals surface area contributed by atoms with Crippen molar-refractivity contribution in [3.05, 3.63) is 60.2 Å². The Labute approximate surface area is 133 Å². The molecule has 0 saturated heterocycles. The minimum Gasteiger partial charge on any atom is -0.497 e. The van der Waals surface area contributed by atoms with Crippen LogP contribution in [0, 0.1) is 0 Å². The number of amides is 1. The summed E-state index contributed by atoms with van der Waals surface area (Å²) in [5.41, 5.74) is 1.91. The van der Waals surface area contributed by atoms with Gasteiger partial charge in [-0.1, -0.05) is 5.16 Å². The first-order valence-electron chi connectivity index (χ1n) is 7.02. The highest BCUT2D eigenvalue weighted by Gasteiger charge is 2.16. The molecule has 2 heterocycles. The highest BCUT2D eigenvalue weighted by Crippen LogP contribution is 2.15. The van der Waals surface area contributed by atoms with Crippen LogP contribution in [0.1, 0.15) is 16.2 Å². The summed E-state index contributed by atoms with van der Waals surface area (Å²) in [6.45, 7) is 0.366. The van der Waals surface area contributed by atoms with Crippen LogP contribution in [0.4, 0.5) is 0 Å². The SMILES string of the molecule is COc1ccc(-n2ccc(C(=O)N(C)Cc3ccon3)n2)cc1. The van der Waals surface area contributed by atoms with Crippen molar-refractivity contribution in [1.82, 2.24) is 19.8 Å². The zero-order chi connectivity index (χ0) is 16.2. The second-order valence-corrected chi connectivity index (χ2v) is 5.00. The third-order valence-electron chi connectivity index (χ3n) is 3.38. The normalized spacial score (nSPS) is 10.5. The van der Waals surface area contributed by atoms with E-state index in [0.29, 0.717) is 17.9 Å². The van der Waals surface area contributed by atoms with Gasteiger partial charge < -0.3 is 14.2 Å². The first-order valence-corrected chi connectivity index (χ1v) is 7.02. The third-order valence-corrected chi connectivity index (χ3v) is 3.38. The smallest absolute Gasteiger partial charge is 0.274 e. The Kier molecular flexibility index (Phi) is 4.09. The van der Waals surface area contributed by atoms with Crippen molar-refractivity contribution >= 4 is 5.91 Å². The van der Waals surface area contributed by atoms with Gasteiger partial charge in [-0.15, -0.1) is 0 Å². The molecule has 118 valence electrons. The van der Waals surface area contributed by atoms with Crippen LogP contribution < -0.4 is 4.74 Å². The number of rotatable bonds is 5. The second-order valence-electron chi connectivity index (χ2n) is 5.00. The molecular formula is C16H16N4O3. The van der Waals surface area contributed by atoms with E-state index in [1.165, 1.54) is 6.26 Å². The summed E-state index contributed by atoms with van der Waals surface area (Å²) in [5, 5.41) is 8.12. The fourth-order valence-corrected chi connectivity index (χ4v) is 2.15. The number of benzene rings is 1. The highest BCUT2D eigenvalue weighted by atomic mass is 16.5. The summed E-state index contributed by atoms with van der Waals surface area (Å²) in [6, 6.07) is 10.8. The summed E-state index contributed by atoms with van der Waals surface area (Å²) in [6.07, 6.45) is 3.23. The number of aromatic nitrogens is 3. The molecule has 0 N–H and O–H groups in total. The average molecular weight is 312 g/mol. The molecule has 3 rings (SSSR count). The molecule has 7 nitrogen and oxygen atoms in total. The van der Waals surface area contributed by atoms with Crippen LogP contribution in [0.15, 0.2) is 53.4 Å². The number of methoxy groups -OCH3 is 1. The standard InChI is InChI=1S/C16H16N4O3/c1-19(11-12-8-10-23-18-12)16(21)15-7-9-20(17-15)13-3-5-14(22-2)6-4-13/h3-10H,11H2,1-2H3. The molecule has 0 radical (unpaired) electrons. The maximum atomic E-state index is 12.4. The minimum absolute atomic E-state index is 0.180. The predicted molar refractivity (Wildman–Crippen MR) is 82.4 cm³/mol. The summed E-state index contributed by atoms with van der Waals surface area (Å²) < 4.78 is 11.5. The van der Waals surface area contributed by atoms with Gasteiger partial charge >= 0.3 is 0 Å². The van der Waals surface area contributed by atoms with Gasteiger partial charge in [0.1, 0.15) is 17.7 Å². The van der Waals surface area contributed by atoms with Crippen LogP contribution in [0.25, 0.3) is 5.69 Å². The quantitative estimate of drug-likeness (QED) is 0.721. The molecule has 0 spiro atoms. The lowest BCUT2D eigenvalue weighted by molar-refractivity contribution is 0.0776. The number of ether oxygens (including phenoxy) is 1. The molecule has 2 aromatic heterocycles. The number of nitrogens with zero attached hydrogens (tertiary/aromatic N) is 4. The van der Waals surface area contributed by atoms with Gasteiger partial charge in [0, 0.05) is 19.3 Å². The van der Waals surface area contributed by atoms with Crippen LogP contribution in [0.5, 0.6) is 5.75 Å². The molecule has 3 aromatic rings. The lowest BCUT2D eigenvalue weighted by Gasteiger charge is -2.13. The van der Waals surface area contributed by atoms with E-state index in [1.54, 1.807) is 42.1 Å². The fourth-order valence-electron chi connectivity index (χ4n) is 2.15. The number of hydrogen-bond acceptors (Lipinski definition) is 5. The van der Waals surface area contributed by atoms with Gasteiger partial charge in [-0.3, -0.25) is 4.79 Å². The van der Waals surface area contributed by atoms with Crippen molar-refractivity contribution in [3.8, 4) is 11.4 Å². The summed E-state index contributed by atoms with van der Waals surface area (Å²) >= 11 is 0. The van der Waals surface area contributed by atoms with E-state index in [1.807, 2.05) is 24.3 Å². The van der Waals surface area contributed by atoms with Crippen molar-refractivity contribution in [2.45, 2.75) is 6.54 Å². The van der Waals surface area contributed by atoms with Crippen LogP contribution >= 0.6 is 0 Å². The maximum Gasteiger partial charge on any atom is 0.274 e. The first-order chi connectivity index (χ1) is 11.2. The van der Waals surface area contributed by atoms with Crippen LogP contribution in [0.2, 0.25) is 0 Å². The predicted octanol–water partition coefficient (Wildman–Crippen LogP) is 2.14. The summed E-state index contributed by atoms with van der Waals surface area (Å²) in [5.74, 6) is 0.588. The Morgan fingerprint density at radius 2 is 2.04 bits per heavy atom. The van der Waals surface area contributed by atoms with Gasteiger partial charge in [-0.2, -0.15) is 5.10 Å². The lowest BCUT2D eigenvalue weighted by Crippen LogP contribution is -2.26. The van der Waals surface area contributed by atoms with Crippen LogP contribution in [-0.2, 0) is 6.54 Å². The van der Waals surface area contributed by atoms with Crippen molar-refractivity contribution in [2.24, 2.45) is 0 Å². The number of carbonyl (C=O) groups excluding carboxylic acids is 1. The van der Waals surface area contributed by atoms with E-state index >= 15 is 0 Å². The molecule has 0 atom stereocenters. The molecule has 0 bridgehead atoms. The number of carbonyl (C=O) groups is 1. The van der Waals surface area contributed by atoms with Gasteiger partial charge in [-0.05, 0) is 30.3 Å². The van der Waals surface area contributed by atoms with Crippen molar-refractivity contribution in [3.63, 3.8) is 0 Å². The zero-order valence-corrected chi connectivity index (χ0v) is 12.8. The molecule has 1 amide bonds. The Hall–Kier alpha value is -3.09. The van der Waals surface area contributed by atoms with Crippen molar-refractivity contribution < 1.29 is 14.1 Å². The summed E-state index contributed by atoms with van der Waals surface area (Å²) in [4.78, 5) is 13.9. The van der Waals surface area contributed by atoms with E-state index in [9.17, 15) is 4.79 Å². The van der Waals surface area contributed by atoms with E-state index in [-0.39, 0.29) is 5.91 Å². The van der Waals surface area contributed by atoms with Gasteiger partial charge in [0.05, 0.1) is 19.3 Å². The maximum absolute atomic E-state index is 12.4. The Morgan fingerprint density at radius 1 is 1.26 bits per heavy atom. The molecule has 7 heteroatoms. The fraction of sp³-hybridized carbons (Fsp3) is 0.188. The van der Waals surface area contributed by atoms with E-state index in [2.05, 4.69) is 10.3 Å². The van der Waals surface area contributed by atoms with Crippen LogP contribution in [0.3, 0.4) is 0 Å². The van der Waals surface area contributed by atoms with E-state index in [4.69, 9.17) is 9.26 Å².